The van der Waals surface area contributed by atoms with E-state index < -0.39 is 0 Å². The molecule has 0 bridgehead atoms. The summed E-state index contributed by atoms with van der Waals surface area (Å²) < 4.78 is 7.20. The maximum Gasteiger partial charge on any atom is 0.231 e. The molecule has 0 radical (unpaired) electrons. The number of amides is 1. The van der Waals surface area contributed by atoms with Crippen molar-refractivity contribution in [3.63, 3.8) is 0 Å². The minimum absolute atomic E-state index is 0.00469. The van der Waals surface area contributed by atoms with Gasteiger partial charge >= 0.3 is 0 Å². The molecule has 1 amide bonds. The zero-order valence-electron chi connectivity index (χ0n) is 17.8. The molecule has 0 spiro atoms. The third kappa shape index (κ3) is 3.82. The van der Waals surface area contributed by atoms with Crippen molar-refractivity contribution in [1.82, 2.24) is 14.8 Å². The van der Waals surface area contributed by atoms with Gasteiger partial charge in [-0.1, -0.05) is 55.3 Å². The van der Waals surface area contributed by atoms with Crippen molar-refractivity contribution in [1.29, 1.82) is 0 Å². The fraction of sp³-hybridized carbons (Fsp3) is 0.375. The Kier molecular flexibility index (Phi) is 5.84. The molecule has 6 heteroatoms. The zero-order chi connectivity index (χ0) is 21.1. The van der Waals surface area contributed by atoms with Crippen LogP contribution in [-0.2, 0) is 4.79 Å². The Balaban J connectivity index is 1.77. The molecule has 2 heterocycles. The molecule has 6 nitrogen and oxygen atoms in total. The Morgan fingerprint density at radius 1 is 1.07 bits per heavy atom. The molecule has 156 valence electrons. The van der Waals surface area contributed by atoms with E-state index in [1.54, 1.807) is 13.4 Å². The van der Waals surface area contributed by atoms with Crippen molar-refractivity contribution in [3.05, 3.63) is 71.5 Å². The van der Waals surface area contributed by atoms with Gasteiger partial charge in [-0.15, -0.1) is 0 Å². The molecule has 3 aromatic rings. The Labute approximate surface area is 177 Å². The molecule has 0 fully saturated rings. The minimum Gasteiger partial charge on any atom is -0.497 e. The second-order valence-electron chi connectivity index (χ2n) is 7.82. The van der Waals surface area contributed by atoms with Crippen LogP contribution in [0.3, 0.4) is 0 Å². The van der Waals surface area contributed by atoms with Crippen LogP contribution in [0.25, 0.3) is 0 Å². The van der Waals surface area contributed by atoms with Crippen LogP contribution in [0.4, 0.5) is 5.95 Å². The third-order valence-electron chi connectivity index (χ3n) is 5.80. The standard InChI is InChI=1S/C24H28N4O2/c1-4-5-6-23(29)27-21(18-9-7-17(2)8-10-18)15-22(28-24(27)25-16-26-28)19-11-13-20(30-3)14-12-19/h7-14,16,21-22H,4-6,15H2,1-3H3. The molecule has 2 atom stereocenters. The van der Waals surface area contributed by atoms with E-state index in [0.717, 1.165) is 36.1 Å². The van der Waals surface area contributed by atoms with E-state index in [0.29, 0.717) is 12.4 Å². The SMILES string of the molecule is CCCCC(=O)N1c2ncnn2C(c2ccc(OC)cc2)CC1c1ccc(C)cc1. The lowest BCUT2D eigenvalue weighted by molar-refractivity contribution is -0.119. The van der Waals surface area contributed by atoms with Gasteiger partial charge in [0.1, 0.15) is 12.1 Å². The number of aromatic nitrogens is 3. The number of carbonyl (C=O) groups excluding carboxylic acids is 1. The monoisotopic (exact) mass is 404 g/mol. The molecular formula is C24H28N4O2. The average Bonchev–Trinajstić information content (AvgIpc) is 3.26. The van der Waals surface area contributed by atoms with Gasteiger partial charge in [-0.25, -0.2) is 4.68 Å². The van der Waals surface area contributed by atoms with Gasteiger partial charge in [0.15, 0.2) is 0 Å². The average molecular weight is 405 g/mol. The van der Waals surface area contributed by atoms with E-state index in [9.17, 15) is 4.79 Å². The molecule has 0 saturated carbocycles. The Morgan fingerprint density at radius 2 is 1.73 bits per heavy atom. The largest absolute Gasteiger partial charge is 0.497 e. The summed E-state index contributed by atoms with van der Waals surface area (Å²) in [5.74, 6) is 1.54. The van der Waals surface area contributed by atoms with Crippen LogP contribution in [0.2, 0.25) is 0 Å². The van der Waals surface area contributed by atoms with Crippen LogP contribution in [0, 0.1) is 6.92 Å². The van der Waals surface area contributed by atoms with E-state index in [4.69, 9.17) is 4.74 Å². The van der Waals surface area contributed by atoms with Crippen LogP contribution in [0.15, 0.2) is 54.9 Å². The van der Waals surface area contributed by atoms with Gasteiger partial charge in [0.2, 0.25) is 11.9 Å². The highest BCUT2D eigenvalue weighted by molar-refractivity contribution is 5.92. The van der Waals surface area contributed by atoms with Gasteiger partial charge in [-0.05, 0) is 43.0 Å². The molecule has 1 aromatic heterocycles. The van der Waals surface area contributed by atoms with Crippen molar-refractivity contribution in [2.24, 2.45) is 0 Å². The molecule has 30 heavy (non-hydrogen) atoms. The first-order chi connectivity index (χ1) is 14.6. The summed E-state index contributed by atoms with van der Waals surface area (Å²) in [4.78, 5) is 19.6. The lowest BCUT2D eigenvalue weighted by Gasteiger charge is -2.39. The fourth-order valence-corrected chi connectivity index (χ4v) is 4.10. The number of fused-ring (bicyclic) bond motifs is 1. The summed E-state index contributed by atoms with van der Waals surface area (Å²) in [6.07, 6.45) is 4.65. The van der Waals surface area contributed by atoms with Crippen molar-refractivity contribution in [2.75, 3.05) is 12.0 Å². The topological polar surface area (TPSA) is 60.2 Å². The summed E-state index contributed by atoms with van der Waals surface area (Å²) >= 11 is 0. The van der Waals surface area contributed by atoms with Gasteiger partial charge in [0.25, 0.3) is 0 Å². The molecule has 4 rings (SSSR count). The number of nitrogens with zero attached hydrogens (tertiary/aromatic N) is 4. The Bertz CT molecular complexity index is 995. The number of ether oxygens (including phenoxy) is 1. The van der Waals surface area contributed by atoms with Crippen LogP contribution >= 0.6 is 0 Å². The van der Waals surface area contributed by atoms with Gasteiger partial charge in [0, 0.05) is 6.42 Å². The molecule has 0 saturated heterocycles. The highest BCUT2D eigenvalue weighted by Gasteiger charge is 2.39. The first kappa shape index (κ1) is 20.1. The number of methoxy groups -OCH3 is 1. The van der Waals surface area contributed by atoms with Gasteiger partial charge in [-0.3, -0.25) is 9.69 Å². The molecule has 2 unspecified atom stereocenters. The maximum absolute atomic E-state index is 13.2. The van der Waals surface area contributed by atoms with Gasteiger partial charge in [0.05, 0.1) is 19.2 Å². The number of hydrogen-bond donors (Lipinski definition) is 0. The third-order valence-corrected chi connectivity index (χ3v) is 5.80. The number of rotatable bonds is 6. The number of unbranched alkanes of at least 4 members (excludes halogenated alkanes) is 1. The summed E-state index contributed by atoms with van der Waals surface area (Å²) in [7, 11) is 1.67. The Hall–Kier alpha value is -3.15. The number of benzene rings is 2. The molecule has 0 aliphatic carbocycles. The van der Waals surface area contributed by atoms with E-state index in [1.165, 1.54) is 5.56 Å². The number of aryl methyl sites for hydroxylation is 1. The number of carbonyl (C=O) groups is 1. The second kappa shape index (κ2) is 8.69. The number of hydrogen-bond acceptors (Lipinski definition) is 4. The maximum atomic E-state index is 13.2. The second-order valence-corrected chi connectivity index (χ2v) is 7.82. The predicted molar refractivity (Wildman–Crippen MR) is 117 cm³/mol. The lowest BCUT2D eigenvalue weighted by Crippen LogP contribution is -2.42. The van der Waals surface area contributed by atoms with E-state index in [1.807, 2.05) is 21.7 Å². The van der Waals surface area contributed by atoms with Crippen molar-refractivity contribution in [3.8, 4) is 5.75 Å². The van der Waals surface area contributed by atoms with Crippen molar-refractivity contribution < 1.29 is 9.53 Å². The summed E-state index contributed by atoms with van der Waals surface area (Å²) in [5.41, 5.74) is 3.45. The highest BCUT2D eigenvalue weighted by atomic mass is 16.5. The minimum atomic E-state index is -0.0845. The highest BCUT2D eigenvalue weighted by Crippen LogP contribution is 2.42. The van der Waals surface area contributed by atoms with Gasteiger partial charge < -0.3 is 4.74 Å². The smallest absolute Gasteiger partial charge is 0.231 e. The van der Waals surface area contributed by atoms with Crippen molar-refractivity contribution >= 4 is 11.9 Å². The van der Waals surface area contributed by atoms with E-state index in [-0.39, 0.29) is 18.0 Å². The fourth-order valence-electron chi connectivity index (χ4n) is 4.10. The number of anilines is 1. The quantitative estimate of drug-likeness (QED) is 0.589. The molecule has 2 aromatic carbocycles. The van der Waals surface area contributed by atoms with Crippen LogP contribution < -0.4 is 9.64 Å². The van der Waals surface area contributed by atoms with E-state index in [2.05, 4.69) is 60.3 Å². The van der Waals surface area contributed by atoms with Gasteiger partial charge in [-0.2, -0.15) is 10.1 Å². The first-order valence-electron chi connectivity index (χ1n) is 10.5. The van der Waals surface area contributed by atoms with Crippen molar-refractivity contribution in [2.45, 2.75) is 51.6 Å². The molecule has 1 aliphatic rings. The summed E-state index contributed by atoms with van der Waals surface area (Å²) in [6, 6.07) is 16.4. The Morgan fingerprint density at radius 3 is 2.40 bits per heavy atom. The van der Waals surface area contributed by atoms with Crippen LogP contribution in [-0.4, -0.2) is 27.8 Å². The van der Waals surface area contributed by atoms with E-state index >= 15 is 0 Å². The molecular weight excluding hydrogens is 376 g/mol. The summed E-state index contributed by atoms with van der Waals surface area (Å²) in [6.45, 7) is 4.18. The lowest BCUT2D eigenvalue weighted by atomic mass is 9.91. The predicted octanol–water partition coefficient (Wildman–Crippen LogP) is 4.85. The molecule has 0 N–H and O–H groups in total. The summed E-state index contributed by atoms with van der Waals surface area (Å²) in [5, 5.41) is 4.49. The zero-order valence-corrected chi connectivity index (χ0v) is 17.8. The molecule has 1 aliphatic heterocycles. The van der Waals surface area contributed by atoms with Crippen LogP contribution in [0.1, 0.15) is 61.4 Å². The normalized spacial score (nSPS) is 18.2. The van der Waals surface area contributed by atoms with Crippen LogP contribution in [0.5, 0.6) is 5.75 Å². The first-order valence-corrected chi connectivity index (χ1v) is 10.5.